The summed E-state index contributed by atoms with van der Waals surface area (Å²) < 4.78 is 0. The molecule has 0 radical (unpaired) electrons. The molecular formula is C76H58N2. The van der Waals surface area contributed by atoms with Gasteiger partial charge in [0.05, 0.1) is 17.1 Å². The minimum absolute atomic E-state index is 0.0966. The van der Waals surface area contributed by atoms with E-state index in [4.69, 9.17) is 0 Å². The van der Waals surface area contributed by atoms with Crippen LogP contribution in [0.5, 0.6) is 0 Å². The summed E-state index contributed by atoms with van der Waals surface area (Å²) in [6.45, 7) is 9.57. The zero-order chi connectivity index (χ0) is 52.3. The molecule has 12 aromatic rings. The van der Waals surface area contributed by atoms with Crippen molar-refractivity contribution < 1.29 is 0 Å². The molecule has 2 aliphatic heterocycles. The van der Waals surface area contributed by atoms with Gasteiger partial charge in [-0.05, 0) is 196 Å². The van der Waals surface area contributed by atoms with Crippen molar-refractivity contribution in [2.75, 3.05) is 9.80 Å². The van der Waals surface area contributed by atoms with Crippen LogP contribution in [0.4, 0.5) is 28.4 Å². The molecule has 0 saturated heterocycles. The van der Waals surface area contributed by atoms with E-state index in [-0.39, 0.29) is 10.8 Å². The van der Waals surface area contributed by atoms with Crippen molar-refractivity contribution in [1.82, 2.24) is 0 Å². The lowest BCUT2D eigenvalue weighted by atomic mass is 9.70. The molecule has 372 valence electrons. The fourth-order valence-corrected chi connectivity index (χ4v) is 13.8. The summed E-state index contributed by atoms with van der Waals surface area (Å²) in [6, 6.07) is 91.5. The Morgan fingerprint density at radius 2 is 0.744 bits per heavy atom. The van der Waals surface area contributed by atoms with E-state index in [0.29, 0.717) is 0 Å². The van der Waals surface area contributed by atoms with Crippen LogP contribution in [-0.2, 0) is 10.8 Å². The van der Waals surface area contributed by atoms with Gasteiger partial charge in [0.1, 0.15) is 0 Å². The van der Waals surface area contributed by atoms with Crippen LogP contribution in [0.3, 0.4) is 0 Å². The number of hydrogen-bond donors (Lipinski definition) is 0. The Labute approximate surface area is 457 Å². The summed E-state index contributed by atoms with van der Waals surface area (Å²) in [5.74, 6) is 0. The number of fused-ring (bicyclic) bond motifs is 7. The molecule has 0 unspecified atom stereocenters. The molecule has 2 heterocycles. The lowest BCUT2D eigenvalue weighted by Crippen LogP contribution is -2.34. The van der Waals surface area contributed by atoms with Gasteiger partial charge in [0.15, 0.2) is 0 Å². The van der Waals surface area contributed by atoms with E-state index in [1.807, 2.05) is 0 Å². The normalized spacial score (nSPS) is 15.1. The first-order chi connectivity index (χ1) is 38.2. The molecule has 0 spiro atoms. The van der Waals surface area contributed by atoms with Crippen molar-refractivity contribution >= 4 is 71.5 Å². The first-order valence-corrected chi connectivity index (χ1v) is 27.7. The maximum Gasteiger partial charge on any atom is 0.0502 e. The van der Waals surface area contributed by atoms with Crippen molar-refractivity contribution in [2.45, 2.75) is 51.4 Å². The van der Waals surface area contributed by atoms with E-state index in [9.17, 15) is 0 Å². The predicted molar refractivity (Wildman–Crippen MR) is 332 cm³/mol. The van der Waals surface area contributed by atoms with E-state index < -0.39 is 0 Å². The van der Waals surface area contributed by atoms with Crippen molar-refractivity contribution in [3.8, 4) is 44.5 Å². The van der Waals surface area contributed by atoms with Crippen LogP contribution in [0.25, 0.3) is 87.6 Å². The zero-order valence-electron chi connectivity index (χ0n) is 44.6. The van der Waals surface area contributed by atoms with Gasteiger partial charge < -0.3 is 9.80 Å². The maximum absolute atomic E-state index is 2.56. The van der Waals surface area contributed by atoms with Gasteiger partial charge in [0.2, 0.25) is 0 Å². The van der Waals surface area contributed by atoms with Gasteiger partial charge in [0.25, 0.3) is 0 Å². The minimum atomic E-state index is -0.180. The topological polar surface area (TPSA) is 6.48 Å². The van der Waals surface area contributed by atoms with Gasteiger partial charge in [-0.2, -0.15) is 0 Å². The van der Waals surface area contributed by atoms with Crippen LogP contribution in [0.15, 0.2) is 266 Å². The molecule has 0 aromatic heterocycles. The van der Waals surface area contributed by atoms with E-state index in [1.165, 1.54) is 133 Å². The summed E-state index contributed by atoms with van der Waals surface area (Å²) in [4.78, 5) is 5.07. The lowest BCUT2D eigenvalue weighted by Gasteiger charge is -2.44. The van der Waals surface area contributed by atoms with Crippen molar-refractivity contribution in [3.05, 3.63) is 283 Å². The lowest BCUT2D eigenvalue weighted by molar-refractivity contribution is 0.571. The Morgan fingerprint density at radius 3 is 1.27 bits per heavy atom. The van der Waals surface area contributed by atoms with Gasteiger partial charge in [-0.15, -0.1) is 0 Å². The Hall–Kier alpha value is -9.24. The molecule has 12 aromatic carbocycles. The highest BCUT2D eigenvalue weighted by Crippen LogP contribution is 2.55. The standard InChI is InChI=1S/C76H58N2/c1-75(2)65-27-9-13-31-69(65)77(70-32-14-10-28-66(70)75)59-39-41-61-63(47-59)73(57-25-17-23-53(45-57)55-37-35-49-19-5-7-21-51(49)43-55)62-42-40-60(78-71-33-15-11-29-67(71)76(3,4)68-30-12-16-34-72(68)78)48-64(62)74(61)58-26-18-24-54(46-58)56-38-36-50-20-6-8-22-52(50)44-56/h5-11,13-29,31-48H,12,30H2,1-4H3. The van der Waals surface area contributed by atoms with Crippen LogP contribution in [0.2, 0.25) is 0 Å². The molecule has 0 saturated carbocycles. The number of nitrogens with zero attached hydrogens (tertiary/aromatic N) is 2. The van der Waals surface area contributed by atoms with E-state index in [1.54, 1.807) is 0 Å². The van der Waals surface area contributed by atoms with Gasteiger partial charge in [-0.25, -0.2) is 0 Å². The predicted octanol–water partition coefficient (Wildman–Crippen LogP) is 21.1. The highest BCUT2D eigenvalue weighted by molar-refractivity contribution is 6.23. The third kappa shape index (κ3) is 7.16. The fourth-order valence-electron chi connectivity index (χ4n) is 13.8. The summed E-state index contributed by atoms with van der Waals surface area (Å²) in [5, 5.41) is 9.81. The second-order valence-corrected chi connectivity index (χ2v) is 22.8. The first kappa shape index (κ1) is 46.1. The molecule has 1 aliphatic carbocycles. The number of para-hydroxylation sites is 3. The third-order valence-corrected chi connectivity index (χ3v) is 17.7. The molecule has 0 atom stereocenters. The SMILES string of the molecule is CC1(C)C2=C(C=CCC2)N(c2ccc3c(-c4cccc(-c5ccc6ccccc6c5)c4)c4cc(N5c6ccccc6C(C)(C)c6ccccc65)ccc4c(-c4cccc(-c5ccc6ccccc6c5)c4)c3c2)c2ccccc21. The first-order valence-electron chi connectivity index (χ1n) is 27.7. The molecule has 0 bridgehead atoms. The molecule has 0 N–H and O–H groups in total. The monoisotopic (exact) mass is 998 g/mol. The maximum atomic E-state index is 2.56. The highest BCUT2D eigenvalue weighted by Gasteiger charge is 2.39. The van der Waals surface area contributed by atoms with Crippen LogP contribution in [-0.4, -0.2) is 0 Å². The Bertz CT molecular complexity index is 4480. The van der Waals surface area contributed by atoms with Gasteiger partial charge in [0, 0.05) is 27.9 Å². The smallest absolute Gasteiger partial charge is 0.0502 e. The number of rotatable bonds is 6. The average molecular weight is 999 g/mol. The average Bonchev–Trinajstić information content (AvgIpc) is 3.49. The van der Waals surface area contributed by atoms with Gasteiger partial charge in [-0.1, -0.05) is 210 Å². The van der Waals surface area contributed by atoms with E-state index >= 15 is 0 Å². The number of hydrogen-bond acceptors (Lipinski definition) is 2. The molecule has 15 rings (SSSR count). The zero-order valence-corrected chi connectivity index (χ0v) is 44.6. The summed E-state index contributed by atoms with van der Waals surface area (Å²) >= 11 is 0. The molecule has 0 fully saturated rings. The Morgan fingerprint density at radius 1 is 0.321 bits per heavy atom. The largest absolute Gasteiger partial charge is 0.310 e. The Kier molecular flexibility index (Phi) is 10.4. The molecule has 2 heteroatoms. The van der Waals surface area contributed by atoms with Crippen LogP contribution >= 0.6 is 0 Å². The minimum Gasteiger partial charge on any atom is -0.310 e. The van der Waals surface area contributed by atoms with Crippen LogP contribution < -0.4 is 9.80 Å². The number of allylic oxidation sites excluding steroid dienone is 3. The summed E-state index contributed by atoms with van der Waals surface area (Å²) in [6.07, 6.45) is 6.85. The number of benzene rings is 12. The number of anilines is 5. The van der Waals surface area contributed by atoms with Crippen LogP contribution in [0.1, 0.15) is 57.2 Å². The van der Waals surface area contributed by atoms with E-state index in [2.05, 4.69) is 292 Å². The van der Waals surface area contributed by atoms with E-state index in [0.717, 1.165) is 24.2 Å². The second-order valence-electron chi connectivity index (χ2n) is 22.8. The Balaban J connectivity index is 1.04. The van der Waals surface area contributed by atoms with Crippen molar-refractivity contribution in [3.63, 3.8) is 0 Å². The molecule has 2 nitrogen and oxygen atoms in total. The fraction of sp³-hybridized carbons (Fsp3) is 0.105. The molecule has 3 aliphatic rings. The summed E-state index contributed by atoms with van der Waals surface area (Å²) in [5.41, 5.74) is 22.1. The highest BCUT2D eigenvalue weighted by atomic mass is 15.2. The third-order valence-electron chi connectivity index (χ3n) is 17.7. The quantitative estimate of drug-likeness (QED) is 0.153. The second kappa shape index (κ2) is 17.7. The van der Waals surface area contributed by atoms with Gasteiger partial charge >= 0.3 is 0 Å². The molecule has 0 amide bonds. The van der Waals surface area contributed by atoms with Gasteiger partial charge in [-0.3, -0.25) is 0 Å². The van der Waals surface area contributed by atoms with Crippen molar-refractivity contribution in [1.29, 1.82) is 0 Å². The summed E-state index contributed by atoms with van der Waals surface area (Å²) in [7, 11) is 0. The van der Waals surface area contributed by atoms with Crippen molar-refractivity contribution in [2.24, 2.45) is 0 Å². The van der Waals surface area contributed by atoms with Crippen LogP contribution in [0, 0.1) is 0 Å². The molecule has 78 heavy (non-hydrogen) atoms. The molecular weight excluding hydrogens is 941 g/mol.